The highest BCUT2D eigenvalue weighted by Gasteiger charge is 2.53. The number of carbonyl (C=O) groups excluding carboxylic acids is 1. The summed E-state index contributed by atoms with van der Waals surface area (Å²) in [6, 6.07) is 5.66. The van der Waals surface area contributed by atoms with Crippen LogP contribution in [0.1, 0.15) is 25.5 Å². The standard InChI is InChI=1S/C13H13BrN2O2S/c1-6(17)10-11-8-4-3-7(14)5-9(8)18-13(10,2)16-12(19)15-11/h3-5,10-11H,1-2H3,(H2,15,16,19)/t10-,11-,13-/m0/s1. The minimum atomic E-state index is -0.799. The normalized spacial score (nSPS) is 31.6. The van der Waals surface area contributed by atoms with E-state index >= 15 is 0 Å². The maximum Gasteiger partial charge on any atom is 0.191 e. The second kappa shape index (κ2) is 4.18. The molecule has 0 saturated carbocycles. The molecule has 1 saturated heterocycles. The quantitative estimate of drug-likeness (QED) is 0.768. The van der Waals surface area contributed by atoms with Crippen molar-refractivity contribution in [3.8, 4) is 5.75 Å². The molecule has 2 bridgehead atoms. The third-order valence-electron chi connectivity index (χ3n) is 3.65. The molecule has 1 aromatic carbocycles. The predicted molar refractivity (Wildman–Crippen MR) is 79.0 cm³/mol. The number of fused-ring (bicyclic) bond motifs is 4. The number of ketones is 1. The van der Waals surface area contributed by atoms with Gasteiger partial charge in [0.25, 0.3) is 0 Å². The summed E-state index contributed by atoms with van der Waals surface area (Å²) in [5, 5.41) is 6.77. The molecule has 2 aliphatic heterocycles. The van der Waals surface area contributed by atoms with Crippen LogP contribution in [0.25, 0.3) is 0 Å². The van der Waals surface area contributed by atoms with E-state index in [0.29, 0.717) is 5.11 Å². The zero-order chi connectivity index (χ0) is 13.8. The Morgan fingerprint density at radius 1 is 1.53 bits per heavy atom. The van der Waals surface area contributed by atoms with E-state index < -0.39 is 5.72 Å². The molecule has 1 fully saturated rings. The Balaban J connectivity index is 2.18. The van der Waals surface area contributed by atoms with Crippen molar-refractivity contribution in [3.05, 3.63) is 28.2 Å². The van der Waals surface area contributed by atoms with Crippen LogP contribution in [0.3, 0.4) is 0 Å². The maximum absolute atomic E-state index is 12.0. The van der Waals surface area contributed by atoms with Crippen LogP contribution in [-0.4, -0.2) is 16.6 Å². The van der Waals surface area contributed by atoms with Gasteiger partial charge in [0.2, 0.25) is 0 Å². The molecule has 0 unspecified atom stereocenters. The van der Waals surface area contributed by atoms with Gasteiger partial charge in [-0.3, -0.25) is 4.79 Å². The molecule has 100 valence electrons. The van der Waals surface area contributed by atoms with Crippen LogP contribution in [0.2, 0.25) is 0 Å². The van der Waals surface area contributed by atoms with E-state index in [0.717, 1.165) is 15.8 Å². The summed E-state index contributed by atoms with van der Waals surface area (Å²) in [4.78, 5) is 12.0. The molecule has 4 nitrogen and oxygen atoms in total. The van der Waals surface area contributed by atoms with Crippen molar-refractivity contribution in [2.24, 2.45) is 5.92 Å². The lowest BCUT2D eigenvalue weighted by atomic mass is 9.78. The van der Waals surface area contributed by atoms with Crippen molar-refractivity contribution < 1.29 is 9.53 Å². The number of thiocarbonyl (C=S) groups is 1. The second-order valence-electron chi connectivity index (χ2n) is 5.06. The fourth-order valence-corrected chi connectivity index (χ4v) is 3.60. The molecule has 2 heterocycles. The molecular formula is C13H13BrN2O2S. The first-order chi connectivity index (χ1) is 8.90. The van der Waals surface area contributed by atoms with Gasteiger partial charge in [0.15, 0.2) is 10.8 Å². The summed E-state index contributed by atoms with van der Waals surface area (Å²) in [7, 11) is 0. The lowest BCUT2D eigenvalue weighted by Crippen LogP contribution is -2.69. The highest BCUT2D eigenvalue weighted by atomic mass is 79.9. The Bertz CT molecular complexity index is 592. The van der Waals surface area contributed by atoms with E-state index in [4.69, 9.17) is 17.0 Å². The van der Waals surface area contributed by atoms with Gasteiger partial charge in [-0.05, 0) is 38.2 Å². The lowest BCUT2D eigenvalue weighted by Gasteiger charge is -2.50. The van der Waals surface area contributed by atoms with E-state index in [-0.39, 0.29) is 17.7 Å². The molecule has 2 N–H and O–H groups in total. The molecule has 0 spiro atoms. The molecule has 0 aliphatic carbocycles. The van der Waals surface area contributed by atoms with Gasteiger partial charge in [-0.1, -0.05) is 22.0 Å². The molecule has 6 heteroatoms. The summed E-state index contributed by atoms with van der Waals surface area (Å²) >= 11 is 8.63. The number of halogens is 1. The first kappa shape index (κ1) is 12.9. The Hall–Kier alpha value is -1.14. The Kier molecular flexibility index (Phi) is 2.83. The number of Topliss-reactive ketones (excluding diaryl/α,β-unsaturated/α-hetero) is 1. The fourth-order valence-electron chi connectivity index (χ4n) is 2.93. The zero-order valence-corrected chi connectivity index (χ0v) is 12.9. The molecule has 0 radical (unpaired) electrons. The van der Waals surface area contributed by atoms with E-state index in [1.807, 2.05) is 25.1 Å². The van der Waals surface area contributed by atoms with Gasteiger partial charge >= 0.3 is 0 Å². The summed E-state index contributed by atoms with van der Waals surface area (Å²) < 4.78 is 6.97. The van der Waals surface area contributed by atoms with E-state index in [2.05, 4.69) is 26.6 Å². The Labute approximate surface area is 125 Å². The van der Waals surface area contributed by atoms with Crippen molar-refractivity contribution in [1.82, 2.24) is 10.6 Å². The van der Waals surface area contributed by atoms with Crippen molar-refractivity contribution in [2.75, 3.05) is 0 Å². The smallest absolute Gasteiger partial charge is 0.191 e. The number of nitrogens with one attached hydrogen (secondary N) is 2. The highest BCUT2D eigenvalue weighted by molar-refractivity contribution is 9.10. The number of benzene rings is 1. The van der Waals surface area contributed by atoms with Crippen molar-refractivity contribution in [1.29, 1.82) is 0 Å². The molecule has 19 heavy (non-hydrogen) atoms. The van der Waals surface area contributed by atoms with Crippen LogP contribution >= 0.6 is 28.1 Å². The first-order valence-electron chi connectivity index (χ1n) is 5.98. The Morgan fingerprint density at radius 3 is 2.95 bits per heavy atom. The van der Waals surface area contributed by atoms with Gasteiger partial charge in [0, 0.05) is 10.0 Å². The number of ether oxygens (including phenoxy) is 1. The maximum atomic E-state index is 12.0. The fraction of sp³-hybridized carbons (Fsp3) is 0.385. The average Bonchev–Trinajstić information content (AvgIpc) is 2.25. The monoisotopic (exact) mass is 340 g/mol. The van der Waals surface area contributed by atoms with Crippen LogP contribution in [0.5, 0.6) is 5.75 Å². The largest absolute Gasteiger partial charge is 0.467 e. The number of rotatable bonds is 1. The predicted octanol–water partition coefficient (Wildman–Crippen LogP) is 2.28. The highest BCUT2D eigenvalue weighted by Crippen LogP contribution is 2.45. The van der Waals surface area contributed by atoms with Gasteiger partial charge in [0.05, 0.1) is 6.04 Å². The molecule has 1 aromatic rings. The van der Waals surface area contributed by atoms with Crippen molar-refractivity contribution in [3.63, 3.8) is 0 Å². The number of hydrogen-bond donors (Lipinski definition) is 2. The van der Waals surface area contributed by atoms with Gasteiger partial charge in [-0.15, -0.1) is 0 Å². The molecule has 0 amide bonds. The molecule has 3 rings (SSSR count). The summed E-state index contributed by atoms with van der Waals surface area (Å²) in [5.74, 6) is 0.526. The zero-order valence-electron chi connectivity index (χ0n) is 10.5. The van der Waals surface area contributed by atoms with Gasteiger partial charge in [0.1, 0.15) is 17.5 Å². The SMILES string of the molecule is CC(=O)[C@H]1[C@H]2NC(=S)N[C@@]1(C)Oc1cc(Br)ccc12. The molecular weight excluding hydrogens is 328 g/mol. The van der Waals surface area contributed by atoms with Crippen molar-refractivity contribution >= 4 is 39.0 Å². The molecule has 2 aliphatic rings. The summed E-state index contributed by atoms with van der Waals surface area (Å²) in [6.07, 6.45) is 0. The first-order valence-corrected chi connectivity index (χ1v) is 7.18. The Morgan fingerprint density at radius 2 is 2.26 bits per heavy atom. The topological polar surface area (TPSA) is 50.4 Å². The van der Waals surface area contributed by atoms with E-state index in [9.17, 15) is 4.79 Å². The minimum Gasteiger partial charge on any atom is -0.467 e. The summed E-state index contributed by atoms with van der Waals surface area (Å²) in [5.41, 5.74) is 0.164. The van der Waals surface area contributed by atoms with E-state index in [1.165, 1.54) is 0 Å². The second-order valence-corrected chi connectivity index (χ2v) is 6.38. The summed E-state index contributed by atoms with van der Waals surface area (Å²) in [6.45, 7) is 3.45. The van der Waals surface area contributed by atoms with Crippen LogP contribution in [0, 0.1) is 5.92 Å². The van der Waals surface area contributed by atoms with Crippen LogP contribution < -0.4 is 15.4 Å². The van der Waals surface area contributed by atoms with Gasteiger partial charge < -0.3 is 15.4 Å². The minimum absolute atomic E-state index is 0.0727. The molecule has 0 aromatic heterocycles. The number of hydrogen-bond acceptors (Lipinski definition) is 3. The van der Waals surface area contributed by atoms with Crippen LogP contribution in [0.4, 0.5) is 0 Å². The van der Waals surface area contributed by atoms with Crippen molar-refractivity contribution in [2.45, 2.75) is 25.6 Å². The average molecular weight is 341 g/mol. The third-order valence-corrected chi connectivity index (χ3v) is 4.36. The van der Waals surface area contributed by atoms with Gasteiger partial charge in [-0.25, -0.2) is 0 Å². The number of carbonyl (C=O) groups is 1. The third kappa shape index (κ3) is 1.94. The van der Waals surface area contributed by atoms with E-state index in [1.54, 1.807) is 6.92 Å². The lowest BCUT2D eigenvalue weighted by molar-refractivity contribution is -0.133. The molecule has 3 atom stereocenters. The van der Waals surface area contributed by atoms with Crippen LogP contribution in [0.15, 0.2) is 22.7 Å². The van der Waals surface area contributed by atoms with Gasteiger partial charge in [-0.2, -0.15) is 0 Å². The van der Waals surface area contributed by atoms with Crippen LogP contribution in [-0.2, 0) is 4.79 Å².